The van der Waals surface area contributed by atoms with Crippen LogP contribution in [0.5, 0.6) is 0 Å². The largest absolute Gasteiger partial charge is 0.326 e. The monoisotopic (exact) mass is 363 g/mol. The van der Waals surface area contributed by atoms with Crippen LogP contribution in [-0.2, 0) is 11.2 Å². The Kier molecular flexibility index (Phi) is 5.46. The lowest BCUT2D eigenvalue weighted by molar-refractivity contribution is -0.116. The molecule has 1 amide bonds. The van der Waals surface area contributed by atoms with Gasteiger partial charge in [0.2, 0.25) is 5.91 Å². The normalized spacial score (nSPS) is 13.8. The molecule has 7 heteroatoms. The summed E-state index contributed by atoms with van der Waals surface area (Å²) in [5, 5.41) is 10.9. The number of amides is 1. The van der Waals surface area contributed by atoms with Crippen molar-refractivity contribution in [2.24, 2.45) is 10.2 Å². The van der Waals surface area contributed by atoms with Crippen LogP contribution in [0.2, 0.25) is 0 Å². The molecule has 1 aliphatic rings. The van der Waals surface area contributed by atoms with Crippen molar-refractivity contribution in [1.82, 2.24) is 9.97 Å². The summed E-state index contributed by atoms with van der Waals surface area (Å²) in [6.07, 6.45) is 8.08. The van der Waals surface area contributed by atoms with Crippen molar-refractivity contribution in [3.8, 4) is 23.7 Å². The first-order valence-electron chi connectivity index (χ1n) is 8.91. The van der Waals surface area contributed by atoms with Gasteiger partial charge in [-0.25, -0.2) is 4.98 Å². The molecular formula is C20H21N5O2. The van der Waals surface area contributed by atoms with Crippen molar-refractivity contribution in [1.29, 1.82) is 0 Å². The zero-order chi connectivity index (χ0) is 19.3. The van der Waals surface area contributed by atoms with Crippen molar-refractivity contribution in [2.45, 2.75) is 44.7 Å². The third-order valence-electron chi connectivity index (χ3n) is 4.38. The van der Waals surface area contributed by atoms with Crippen molar-refractivity contribution in [3.63, 3.8) is 0 Å². The van der Waals surface area contributed by atoms with Gasteiger partial charge in [-0.1, -0.05) is 19.1 Å². The molecule has 0 fully saturated rings. The van der Waals surface area contributed by atoms with Crippen molar-refractivity contribution < 1.29 is 4.79 Å². The van der Waals surface area contributed by atoms with Crippen molar-refractivity contribution in [3.05, 3.63) is 46.4 Å². The van der Waals surface area contributed by atoms with Gasteiger partial charge in [0.25, 0.3) is 5.56 Å². The van der Waals surface area contributed by atoms with E-state index < -0.39 is 5.66 Å². The van der Waals surface area contributed by atoms with Gasteiger partial charge in [0.15, 0.2) is 5.66 Å². The molecule has 138 valence electrons. The van der Waals surface area contributed by atoms with Gasteiger partial charge in [-0.05, 0) is 18.6 Å². The minimum absolute atomic E-state index is 0.117. The fourth-order valence-electron chi connectivity index (χ4n) is 2.78. The molecule has 1 aromatic carbocycles. The van der Waals surface area contributed by atoms with E-state index in [1.165, 1.54) is 6.07 Å². The average molecular weight is 363 g/mol. The fraction of sp³-hybridized carbons (Fsp3) is 0.350. The third kappa shape index (κ3) is 4.88. The van der Waals surface area contributed by atoms with Gasteiger partial charge in [0.1, 0.15) is 5.82 Å². The van der Waals surface area contributed by atoms with Gasteiger partial charge < -0.3 is 10.3 Å². The number of aromatic amines is 1. The van der Waals surface area contributed by atoms with Crippen LogP contribution in [0.3, 0.4) is 0 Å². The number of hydrogen-bond acceptors (Lipinski definition) is 5. The third-order valence-corrected chi connectivity index (χ3v) is 4.38. The molecule has 3 rings (SSSR count). The Balaban J connectivity index is 1.64. The van der Waals surface area contributed by atoms with E-state index in [0.29, 0.717) is 43.6 Å². The average Bonchev–Trinajstić information content (AvgIpc) is 3.45. The van der Waals surface area contributed by atoms with E-state index in [2.05, 4.69) is 31.4 Å². The van der Waals surface area contributed by atoms with Crippen LogP contribution in [-0.4, -0.2) is 21.5 Å². The first kappa shape index (κ1) is 18.5. The van der Waals surface area contributed by atoms with Crippen LogP contribution in [0.25, 0.3) is 11.4 Å². The quantitative estimate of drug-likeness (QED) is 0.704. The number of carbonyl (C=O) groups is 1. The predicted octanol–water partition coefficient (Wildman–Crippen LogP) is 3.29. The number of terminal acetylenes is 1. The van der Waals surface area contributed by atoms with E-state index in [9.17, 15) is 9.59 Å². The Morgan fingerprint density at radius 3 is 2.81 bits per heavy atom. The Morgan fingerprint density at radius 2 is 2.11 bits per heavy atom. The van der Waals surface area contributed by atoms with Crippen LogP contribution in [0.4, 0.5) is 5.69 Å². The lowest BCUT2D eigenvalue weighted by Crippen LogP contribution is -2.17. The van der Waals surface area contributed by atoms with E-state index >= 15 is 0 Å². The highest BCUT2D eigenvalue weighted by Gasteiger charge is 2.39. The molecule has 7 nitrogen and oxygen atoms in total. The van der Waals surface area contributed by atoms with E-state index in [1.807, 2.05) is 19.1 Å². The summed E-state index contributed by atoms with van der Waals surface area (Å²) in [5.41, 5.74) is 1.44. The summed E-state index contributed by atoms with van der Waals surface area (Å²) in [7, 11) is 0. The smallest absolute Gasteiger partial charge is 0.251 e. The van der Waals surface area contributed by atoms with Gasteiger partial charge in [0.05, 0.1) is 0 Å². The Labute approximate surface area is 157 Å². The molecular weight excluding hydrogens is 342 g/mol. The van der Waals surface area contributed by atoms with E-state index in [1.54, 1.807) is 12.1 Å². The van der Waals surface area contributed by atoms with Gasteiger partial charge >= 0.3 is 0 Å². The minimum atomic E-state index is -0.463. The van der Waals surface area contributed by atoms with Gasteiger partial charge in [-0.3, -0.25) is 9.59 Å². The number of benzene rings is 1. The van der Waals surface area contributed by atoms with Crippen molar-refractivity contribution >= 4 is 11.6 Å². The Morgan fingerprint density at radius 1 is 1.30 bits per heavy atom. The second kappa shape index (κ2) is 7.96. The summed E-state index contributed by atoms with van der Waals surface area (Å²) in [6.45, 7) is 1.94. The number of aromatic nitrogens is 2. The second-order valence-electron chi connectivity index (χ2n) is 6.45. The van der Waals surface area contributed by atoms with Gasteiger partial charge in [0, 0.05) is 48.7 Å². The zero-order valence-electron chi connectivity index (χ0n) is 15.2. The molecule has 1 aromatic heterocycles. The number of aryl methyl sites for hydroxylation is 1. The minimum Gasteiger partial charge on any atom is -0.326 e. The Bertz CT molecular complexity index is 965. The number of anilines is 1. The van der Waals surface area contributed by atoms with E-state index in [0.717, 1.165) is 11.3 Å². The van der Waals surface area contributed by atoms with Crippen LogP contribution in [0.15, 0.2) is 45.4 Å². The highest BCUT2D eigenvalue weighted by molar-refractivity contribution is 5.91. The predicted molar refractivity (Wildman–Crippen MR) is 103 cm³/mol. The van der Waals surface area contributed by atoms with Crippen LogP contribution < -0.4 is 10.9 Å². The summed E-state index contributed by atoms with van der Waals surface area (Å²) < 4.78 is 0. The molecule has 27 heavy (non-hydrogen) atoms. The second-order valence-corrected chi connectivity index (χ2v) is 6.45. The van der Waals surface area contributed by atoms with Crippen LogP contribution in [0, 0.1) is 12.3 Å². The number of hydrogen-bond donors (Lipinski definition) is 2. The van der Waals surface area contributed by atoms with Gasteiger partial charge in [-0.15, -0.1) is 12.3 Å². The number of carbonyl (C=O) groups excluding carboxylic acids is 1. The van der Waals surface area contributed by atoms with Crippen LogP contribution in [0.1, 0.15) is 38.3 Å². The van der Waals surface area contributed by atoms with Crippen molar-refractivity contribution in [2.75, 3.05) is 5.32 Å². The molecule has 0 unspecified atom stereocenters. The molecule has 0 spiro atoms. The number of rotatable bonds is 8. The highest BCUT2D eigenvalue weighted by Crippen LogP contribution is 2.37. The SMILES string of the molecule is C#CCCC1(CCC(=O)Nc2cccc(-c3nc(CC)cc(=O)[nH]3)c2)N=N1. The molecule has 0 atom stereocenters. The Hall–Kier alpha value is -3.27. The lowest BCUT2D eigenvalue weighted by atomic mass is 10.0. The molecule has 2 N–H and O–H groups in total. The summed E-state index contributed by atoms with van der Waals surface area (Å²) in [6, 6.07) is 8.71. The molecule has 0 saturated carbocycles. The highest BCUT2D eigenvalue weighted by atomic mass is 16.1. The van der Waals surface area contributed by atoms with Crippen LogP contribution >= 0.6 is 0 Å². The summed E-state index contributed by atoms with van der Waals surface area (Å²) in [4.78, 5) is 31.2. The fourth-order valence-corrected chi connectivity index (χ4v) is 2.78. The number of nitrogens with zero attached hydrogens (tertiary/aromatic N) is 3. The summed E-state index contributed by atoms with van der Waals surface area (Å²) >= 11 is 0. The zero-order valence-corrected chi connectivity index (χ0v) is 15.2. The first-order chi connectivity index (χ1) is 13.0. The molecule has 2 heterocycles. The summed E-state index contributed by atoms with van der Waals surface area (Å²) in [5.74, 6) is 2.94. The van der Waals surface area contributed by atoms with Gasteiger partial charge in [-0.2, -0.15) is 10.2 Å². The first-order valence-corrected chi connectivity index (χ1v) is 8.91. The lowest BCUT2D eigenvalue weighted by Gasteiger charge is -2.10. The molecule has 2 aromatic rings. The molecule has 0 bridgehead atoms. The van der Waals surface area contributed by atoms with E-state index in [4.69, 9.17) is 6.42 Å². The molecule has 0 radical (unpaired) electrons. The maximum absolute atomic E-state index is 12.3. The molecule has 1 aliphatic heterocycles. The van der Waals surface area contributed by atoms with E-state index in [-0.39, 0.29) is 11.5 Å². The number of nitrogens with one attached hydrogen (secondary N) is 2. The molecule has 0 aliphatic carbocycles. The molecule has 0 saturated heterocycles. The number of H-pyrrole nitrogens is 1. The topological polar surface area (TPSA) is 99.6 Å². The maximum atomic E-state index is 12.3. The standard InChI is InChI=1S/C20H21N5O2/c1-3-5-10-20(24-25-20)11-9-17(26)21-16-8-6-7-14(12-16)19-22-15(4-2)13-18(27)23-19/h1,6-8,12-13H,4-5,9-11H2,2H3,(H,21,26)(H,22,23,27). The maximum Gasteiger partial charge on any atom is 0.251 e.